The van der Waals surface area contributed by atoms with Gasteiger partial charge in [-0.25, -0.2) is 0 Å². The van der Waals surface area contributed by atoms with Crippen molar-refractivity contribution in [2.45, 2.75) is 37.0 Å². The largest absolute Gasteiger partial charge is 0.465 e. The summed E-state index contributed by atoms with van der Waals surface area (Å²) in [7, 11) is 0. The van der Waals surface area contributed by atoms with Crippen LogP contribution in [0.15, 0.2) is 29.2 Å². The average Bonchev–Trinajstić information content (AvgIpc) is 2.29. The highest BCUT2D eigenvalue weighted by atomic mass is 32.2. The number of esters is 1. The van der Waals surface area contributed by atoms with E-state index in [1.165, 1.54) is 11.8 Å². The van der Waals surface area contributed by atoms with Gasteiger partial charge in [-0.2, -0.15) is 0 Å². The Labute approximate surface area is 107 Å². The molecule has 1 aromatic rings. The van der Waals surface area contributed by atoms with Gasteiger partial charge >= 0.3 is 5.97 Å². The number of nitrogens with two attached hydrogens (primary N) is 1. The second-order valence-electron chi connectivity index (χ2n) is 3.87. The van der Waals surface area contributed by atoms with Crippen molar-refractivity contribution in [1.29, 1.82) is 0 Å². The Kier molecular flexibility index (Phi) is 5.51. The molecule has 3 nitrogen and oxygen atoms in total. The van der Waals surface area contributed by atoms with Crippen LogP contribution < -0.4 is 5.73 Å². The van der Waals surface area contributed by atoms with Crippen molar-refractivity contribution < 1.29 is 9.53 Å². The summed E-state index contributed by atoms with van der Waals surface area (Å²) in [5.74, 6) is -0.177. The zero-order valence-corrected chi connectivity index (χ0v) is 11.3. The predicted molar refractivity (Wildman–Crippen MR) is 71.0 cm³/mol. The lowest BCUT2D eigenvalue weighted by molar-refractivity contribution is -0.142. The molecule has 17 heavy (non-hydrogen) atoms. The molecule has 0 bridgehead atoms. The smallest absolute Gasteiger partial charge is 0.319 e. The minimum atomic E-state index is -0.196. The van der Waals surface area contributed by atoms with Crippen LogP contribution in [0.3, 0.4) is 0 Å². The summed E-state index contributed by atoms with van der Waals surface area (Å²) in [6, 6.07) is 7.95. The third kappa shape index (κ3) is 4.40. The van der Waals surface area contributed by atoms with Crippen molar-refractivity contribution in [2.24, 2.45) is 5.73 Å². The Morgan fingerprint density at radius 1 is 1.47 bits per heavy atom. The lowest BCUT2D eigenvalue weighted by Crippen LogP contribution is -2.16. The van der Waals surface area contributed by atoms with Gasteiger partial charge in [0, 0.05) is 10.9 Å². The first-order valence-electron chi connectivity index (χ1n) is 5.73. The van der Waals surface area contributed by atoms with Crippen LogP contribution in [0.1, 0.15) is 32.4 Å². The number of rotatable bonds is 5. The van der Waals surface area contributed by atoms with Crippen LogP contribution in [0.5, 0.6) is 0 Å². The van der Waals surface area contributed by atoms with E-state index < -0.39 is 0 Å². The summed E-state index contributed by atoms with van der Waals surface area (Å²) < 4.78 is 4.97. The molecule has 0 saturated heterocycles. The summed E-state index contributed by atoms with van der Waals surface area (Å²) >= 11 is 1.49. The van der Waals surface area contributed by atoms with Crippen LogP contribution in [0.4, 0.5) is 0 Å². The zero-order chi connectivity index (χ0) is 12.8. The summed E-state index contributed by atoms with van der Waals surface area (Å²) in [6.45, 7) is 6.02. The van der Waals surface area contributed by atoms with Gasteiger partial charge in [-0.05, 0) is 38.5 Å². The highest BCUT2D eigenvalue weighted by Gasteiger charge is 2.15. The molecule has 0 aliphatic rings. The van der Waals surface area contributed by atoms with Crippen molar-refractivity contribution in [1.82, 2.24) is 0 Å². The first-order chi connectivity index (χ1) is 8.04. The van der Waals surface area contributed by atoms with Crippen LogP contribution in [-0.2, 0) is 9.53 Å². The summed E-state index contributed by atoms with van der Waals surface area (Å²) in [5, 5.41) is -0.196. The quantitative estimate of drug-likeness (QED) is 0.647. The van der Waals surface area contributed by atoms with Gasteiger partial charge in [0.1, 0.15) is 5.25 Å². The molecule has 2 N–H and O–H groups in total. The van der Waals surface area contributed by atoms with E-state index in [-0.39, 0.29) is 17.3 Å². The topological polar surface area (TPSA) is 52.3 Å². The maximum Gasteiger partial charge on any atom is 0.319 e. The van der Waals surface area contributed by atoms with Gasteiger partial charge in [0.15, 0.2) is 0 Å². The molecule has 2 atom stereocenters. The summed E-state index contributed by atoms with van der Waals surface area (Å²) in [5.41, 5.74) is 6.90. The number of benzene rings is 1. The molecule has 1 aromatic carbocycles. The number of hydrogen-bond acceptors (Lipinski definition) is 4. The fourth-order valence-electron chi connectivity index (χ4n) is 1.38. The predicted octanol–water partition coefficient (Wildman–Crippen LogP) is 2.75. The number of ether oxygens (including phenoxy) is 1. The van der Waals surface area contributed by atoms with E-state index in [1.807, 2.05) is 45.0 Å². The number of thioether (sulfide) groups is 1. The Morgan fingerprint density at radius 2 is 2.18 bits per heavy atom. The molecule has 0 aromatic heterocycles. The fraction of sp³-hybridized carbons (Fsp3) is 0.462. The highest BCUT2D eigenvalue weighted by molar-refractivity contribution is 8.00. The lowest BCUT2D eigenvalue weighted by Gasteiger charge is -2.12. The average molecular weight is 253 g/mol. The second kappa shape index (κ2) is 6.67. The molecular formula is C13H19NO2S. The van der Waals surface area contributed by atoms with Gasteiger partial charge in [-0.1, -0.05) is 12.1 Å². The zero-order valence-electron chi connectivity index (χ0n) is 10.5. The minimum absolute atomic E-state index is 0.00782. The molecule has 2 unspecified atom stereocenters. The third-order valence-electron chi connectivity index (χ3n) is 2.32. The fourth-order valence-corrected chi connectivity index (χ4v) is 2.32. The molecule has 0 amide bonds. The van der Waals surface area contributed by atoms with Gasteiger partial charge in [0.2, 0.25) is 0 Å². The Hall–Kier alpha value is -1.00. The van der Waals surface area contributed by atoms with E-state index >= 15 is 0 Å². The van der Waals surface area contributed by atoms with Gasteiger partial charge < -0.3 is 10.5 Å². The molecule has 4 heteroatoms. The Balaban J connectivity index is 2.68. The van der Waals surface area contributed by atoms with Crippen LogP contribution in [0.25, 0.3) is 0 Å². The molecule has 0 spiro atoms. The molecular weight excluding hydrogens is 234 g/mol. The Morgan fingerprint density at radius 3 is 2.76 bits per heavy atom. The molecule has 0 fully saturated rings. The Bertz CT molecular complexity index is 379. The van der Waals surface area contributed by atoms with Crippen molar-refractivity contribution in [2.75, 3.05) is 6.61 Å². The standard InChI is InChI=1S/C13H19NO2S/c1-4-16-13(15)10(3)17-12-7-5-6-11(8-12)9(2)14/h5-10H,4,14H2,1-3H3. The van der Waals surface area contributed by atoms with Crippen LogP contribution in [0, 0.1) is 0 Å². The molecule has 0 heterocycles. The van der Waals surface area contributed by atoms with Gasteiger partial charge in [-0.3, -0.25) is 4.79 Å². The van der Waals surface area contributed by atoms with Crippen LogP contribution >= 0.6 is 11.8 Å². The van der Waals surface area contributed by atoms with E-state index in [9.17, 15) is 4.79 Å². The molecule has 0 saturated carbocycles. The number of hydrogen-bond donors (Lipinski definition) is 1. The van der Waals surface area contributed by atoms with Gasteiger partial charge in [0.25, 0.3) is 0 Å². The first kappa shape index (κ1) is 14.1. The van der Waals surface area contributed by atoms with E-state index in [4.69, 9.17) is 10.5 Å². The monoisotopic (exact) mass is 253 g/mol. The van der Waals surface area contributed by atoms with Crippen molar-refractivity contribution in [3.8, 4) is 0 Å². The number of carbonyl (C=O) groups excluding carboxylic acids is 1. The van der Waals surface area contributed by atoms with E-state index in [0.717, 1.165) is 10.5 Å². The maximum atomic E-state index is 11.5. The van der Waals surface area contributed by atoms with Crippen molar-refractivity contribution in [3.63, 3.8) is 0 Å². The molecule has 1 rings (SSSR count). The van der Waals surface area contributed by atoms with E-state index in [2.05, 4.69) is 0 Å². The molecule has 0 aliphatic carbocycles. The molecule has 0 aliphatic heterocycles. The summed E-state index contributed by atoms with van der Waals surface area (Å²) in [6.07, 6.45) is 0. The maximum absolute atomic E-state index is 11.5. The van der Waals surface area contributed by atoms with Crippen molar-refractivity contribution >= 4 is 17.7 Å². The van der Waals surface area contributed by atoms with Crippen LogP contribution in [-0.4, -0.2) is 17.8 Å². The lowest BCUT2D eigenvalue weighted by atomic mass is 10.1. The normalized spacial score (nSPS) is 14.1. The second-order valence-corrected chi connectivity index (χ2v) is 5.29. The minimum Gasteiger partial charge on any atom is -0.465 e. The van der Waals surface area contributed by atoms with Crippen LogP contribution in [0.2, 0.25) is 0 Å². The summed E-state index contributed by atoms with van der Waals surface area (Å²) in [4.78, 5) is 12.5. The highest BCUT2D eigenvalue weighted by Crippen LogP contribution is 2.26. The molecule has 0 radical (unpaired) electrons. The van der Waals surface area contributed by atoms with E-state index in [0.29, 0.717) is 6.61 Å². The number of carbonyl (C=O) groups is 1. The SMILES string of the molecule is CCOC(=O)C(C)Sc1cccc(C(C)N)c1. The first-order valence-corrected chi connectivity index (χ1v) is 6.61. The van der Waals surface area contributed by atoms with Crippen molar-refractivity contribution in [3.05, 3.63) is 29.8 Å². The van der Waals surface area contributed by atoms with E-state index in [1.54, 1.807) is 0 Å². The van der Waals surface area contributed by atoms with Gasteiger partial charge in [-0.15, -0.1) is 11.8 Å². The van der Waals surface area contributed by atoms with Gasteiger partial charge in [0.05, 0.1) is 6.61 Å². The molecule has 94 valence electrons. The third-order valence-corrected chi connectivity index (χ3v) is 3.39.